The minimum absolute atomic E-state index is 0. The van der Waals surface area contributed by atoms with E-state index in [1.165, 1.54) is 0 Å². The monoisotopic (exact) mass is 351 g/mol. The van der Waals surface area contributed by atoms with E-state index in [-0.39, 0.29) is 82.2 Å². The molecular weight excluding hydrogens is 336 g/mol. The minimum Gasteiger partial charge on any atom is -0.473 e. The first-order valence-electron chi connectivity index (χ1n) is 1.11. The molecule has 89 valence electrons. The van der Waals surface area contributed by atoms with Crippen LogP contribution in [0.1, 0.15) is 0 Å². The molecule has 0 aromatic carbocycles. The molecular formula is C2H14EuO10. The molecule has 0 amide bonds. The van der Waals surface area contributed by atoms with Crippen molar-refractivity contribution in [2.75, 3.05) is 0 Å². The van der Waals surface area contributed by atoms with E-state index in [1.54, 1.807) is 0 Å². The van der Waals surface area contributed by atoms with Gasteiger partial charge in [0.25, 0.3) is 0 Å². The van der Waals surface area contributed by atoms with Crippen LogP contribution < -0.4 is 0 Å². The van der Waals surface area contributed by atoms with Crippen LogP contribution in [0.2, 0.25) is 0 Å². The first kappa shape index (κ1) is 71.8. The van der Waals surface area contributed by atoms with Crippen LogP contribution in [0, 0.1) is 49.4 Å². The number of rotatable bonds is 0. The average Bonchev–Trinajstić information content (AvgIpc) is 1.36. The number of carboxylic acid groups (broad SMARTS) is 2. The Labute approximate surface area is 113 Å². The summed E-state index contributed by atoms with van der Waals surface area (Å²) in [5.74, 6) is -3.65. The van der Waals surface area contributed by atoms with Crippen molar-refractivity contribution in [2.24, 2.45) is 0 Å². The second-order valence-corrected chi connectivity index (χ2v) is 0.610. The molecule has 0 fully saturated rings. The number of hydrogen-bond acceptors (Lipinski definition) is 2. The maximum atomic E-state index is 9.10. The minimum atomic E-state index is -1.82. The molecule has 0 atom stereocenters. The number of carboxylic acids is 2. The zero-order valence-corrected chi connectivity index (χ0v) is 8.51. The Morgan fingerprint density at radius 1 is 0.615 bits per heavy atom. The fourth-order valence-electron chi connectivity index (χ4n) is 0. The Hall–Kier alpha value is 0.284. The van der Waals surface area contributed by atoms with Gasteiger partial charge in [0.2, 0.25) is 0 Å². The van der Waals surface area contributed by atoms with E-state index in [0.29, 0.717) is 0 Å². The van der Waals surface area contributed by atoms with Gasteiger partial charge in [-0.1, -0.05) is 0 Å². The van der Waals surface area contributed by atoms with E-state index in [2.05, 4.69) is 0 Å². The van der Waals surface area contributed by atoms with Crippen molar-refractivity contribution in [1.82, 2.24) is 0 Å². The van der Waals surface area contributed by atoms with Crippen LogP contribution in [0.15, 0.2) is 0 Å². The van der Waals surface area contributed by atoms with Crippen LogP contribution in [0.5, 0.6) is 0 Å². The van der Waals surface area contributed by atoms with Crippen molar-refractivity contribution < 1.29 is 102 Å². The molecule has 0 aromatic heterocycles. The van der Waals surface area contributed by atoms with Crippen LogP contribution >= 0.6 is 0 Å². The van der Waals surface area contributed by atoms with Crippen molar-refractivity contribution in [3.8, 4) is 0 Å². The first-order valence-corrected chi connectivity index (χ1v) is 1.11. The molecule has 0 spiro atoms. The van der Waals surface area contributed by atoms with E-state index < -0.39 is 11.9 Å². The van der Waals surface area contributed by atoms with Crippen molar-refractivity contribution in [2.45, 2.75) is 0 Å². The molecule has 14 N–H and O–H groups in total. The second kappa shape index (κ2) is 39.6. The number of aliphatic carboxylic acids is 2. The zero-order valence-electron chi connectivity index (χ0n) is 6.09. The van der Waals surface area contributed by atoms with E-state index in [1.807, 2.05) is 0 Å². The average molecular weight is 350 g/mol. The predicted octanol–water partition coefficient (Wildman–Crippen LogP) is -5.79. The number of carbonyl (C=O) groups is 2. The summed E-state index contributed by atoms with van der Waals surface area (Å²) in [6.45, 7) is 0. The molecule has 0 heterocycles. The van der Waals surface area contributed by atoms with Crippen LogP contribution in [-0.2, 0) is 9.59 Å². The Kier molecular flexibility index (Phi) is 219. The van der Waals surface area contributed by atoms with Crippen LogP contribution in [0.4, 0.5) is 0 Å². The van der Waals surface area contributed by atoms with Crippen molar-refractivity contribution >= 4 is 11.9 Å². The molecule has 0 bridgehead atoms. The Morgan fingerprint density at radius 2 is 0.692 bits per heavy atom. The topological polar surface area (TPSA) is 264 Å². The summed E-state index contributed by atoms with van der Waals surface area (Å²) < 4.78 is 0. The van der Waals surface area contributed by atoms with Crippen molar-refractivity contribution in [3.05, 3.63) is 0 Å². The summed E-state index contributed by atoms with van der Waals surface area (Å²) in [7, 11) is 0. The molecule has 0 saturated carbocycles. The van der Waals surface area contributed by atoms with Gasteiger partial charge in [-0.2, -0.15) is 0 Å². The maximum absolute atomic E-state index is 9.10. The first-order chi connectivity index (χ1) is 2.64. The van der Waals surface area contributed by atoms with Gasteiger partial charge in [-0.3, -0.25) is 0 Å². The zero-order chi connectivity index (χ0) is 5.15. The summed E-state index contributed by atoms with van der Waals surface area (Å²) in [6.07, 6.45) is 0. The summed E-state index contributed by atoms with van der Waals surface area (Å²) in [5, 5.41) is 14.8. The van der Waals surface area contributed by atoms with Gasteiger partial charge < -0.3 is 43.1 Å². The molecule has 0 aliphatic rings. The molecule has 0 unspecified atom stereocenters. The molecule has 1 radical (unpaired) electrons. The predicted molar refractivity (Wildman–Crippen MR) is 37.0 cm³/mol. The SMILES string of the molecule is O.O.O.O.O.O.O=C(O)C(=O)O.[Eu]. The van der Waals surface area contributed by atoms with E-state index in [9.17, 15) is 0 Å². The van der Waals surface area contributed by atoms with Gasteiger partial charge in [0.1, 0.15) is 0 Å². The van der Waals surface area contributed by atoms with Crippen LogP contribution in [0.3, 0.4) is 0 Å². The van der Waals surface area contributed by atoms with Gasteiger partial charge in [-0.05, 0) is 0 Å². The van der Waals surface area contributed by atoms with Crippen LogP contribution in [0.25, 0.3) is 0 Å². The fraction of sp³-hybridized carbons (Fsp3) is 0. The summed E-state index contributed by atoms with van der Waals surface area (Å²) in [5.41, 5.74) is 0. The Bertz CT molecular complexity index is 78.9. The van der Waals surface area contributed by atoms with Gasteiger partial charge >= 0.3 is 11.9 Å². The second-order valence-electron chi connectivity index (χ2n) is 0.610. The summed E-state index contributed by atoms with van der Waals surface area (Å²) in [4.78, 5) is 18.2. The molecule has 0 aliphatic heterocycles. The summed E-state index contributed by atoms with van der Waals surface area (Å²) in [6, 6.07) is 0. The van der Waals surface area contributed by atoms with Gasteiger partial charge in [0.05, 0.1) is 0 Å². The standard InChI is InChI=1S/C2H2O4.Eu.6H2O/c3-1(4)2(5)6;;;;;;;/h(H,3,4)(H,5,6);;6*1H2. The third-order valence-electron chi connectivity index (χ3n) is 0.183. The molecule has 0 saturated heterocycles. The third-order valence-corrected chi connectivity index (χ3v) is 0.183. The largest absolute Gasteiger partial charge is 0.473 e. The Morgan fingerprint density at radius 3 is 0.692 bits per heavy atom. The third kappa shape index (κ3) is 70.8. The normalized spacial score (nSPS) is 3.38. The van der Waals surface area contributed by atoms with Gasteiger partial charge in [0.15, 0.2) is 0 Å². The summed E-state index contributed by atoms with van der Waals surface area (Å²) >= 11 is 0. The van der Waals surface area contributed by atoms with Crippen LogP contribution in [-0.4, -0.2) is 55.0 Å². The smallest absolute Gasteiger partial charge is 0.414 e. The van der Waals surface area contributed by atoms with Crippen molar-refractivity contribution in [1.29, 1.82) is 0 Å². The van der Waals surface area contributed by atoms with E-state index in [0.717, 1.165) is 0 Å². The molecule has 10 nitrogen and oxygen atoms in total. The van der Waals surface area contributed by atoms with Crippen molar-refractivity contribution in [3.63, 3.8) is 0 Å². The molecule has 11 heteroatoms. The molecule has 0 rings (SSSR count). The van der Waals surface area contributed by atoms with Gasteiger partial charge in [0, 0.05) is 49.4 Å². The Balaban J connectivity index is -0.00000000595. The van der Waals surface area contributed by atoms with Gasteiger partial charge in [-0.25, -0.2) is 9.59 Å². The molecule has 0 aliphatic carbocycles. The van der Waals surface area contributed by atoms with E-state index in [4.69, 9.17) is 19.8 Å². The van der Waals surface area contributed by atoms with Gasteiger partial charge in [-0.15, -0.1) is 0 Å². The van der Waals surface area contributed by atoms with E-state index >= 15 is 0 Å². The molecule has 13 heavy (non-hydrogen) atoms. The fourth-order valence-corrected chi connectivity index (χ4v) is 0. The molecule has 0 aromatic rings. The maximum Gasteiger partial charge on any atom is 0.414 e. The quantitative estimate of drug-likeness (QED) is 0.404. The number of hydrogen-bond donors (Lipinski definition) is 2.